The third-order valence-electron chi connectivity index (χ3n) is 3.13. The molecular weight excluding hydrogens is 290 g/mol. The van der Waals surface area contributed by atoms with Gasteiger partial charge in [0.25, 0.3) is 0 Å². The molecule has 0 aliphatic rings. The summed E-state index contributed by atoms with van der Waals surface area (Å²) in [5.74, 6) is 0.851. The average molecular weight is 317 g/mol. The molecule has 1 aromatic carbocycles. The lowest BCUT2D eigenvalue weighted by Gasteiger charge is -2.10. The maximum absolute atomic E-state index is 6.12. The zero-order valence-electron chi connectivity index (χ0n) is 13.3. The van der Waals surface area contributed by atoms with Crippen LogP contribution in [-0.4, -0.2) is 46.6 Å². The summed E-state index contributed by atoms with van der Waals surface area (Å²) >= 11 is 6.12. The van der Waals surface area contributed by atoms with Crippen LogP contribution >= 0.6 is 11.6 Å². The highest BCUT2D eigenvalue weighted by Gasteiger charge is 2.03. The lowest BCUT2D eigenvalue weighted by Crippen LogP contribution is -2.85. The van der Waals surface area contributed by atoms with E-state index in [1.165, 1.54) is 0 Å². The second kappa shape index (κ2) is 10.9. The van der Waals surface area contributed by atoms with E-state index in [1.54, 1.807) is 7.11 Å². The first-order valence-electron chi connectivity index (χ1n) is 7.43. The fourth-order valence-electron chi connectivity index (χ4n) is 1.99. The van der Waals surface area contributed by atoms with Gasteiger partial charge in [0.1, 0.15) is 12.4 Å². The molecule has 21 heavy (non-hydrogen) atoms. The van der Waals surface area contributed by atoms with Crippen LogP contribution < -0.4 is 10.1 Å². The normalized spacial score (nSPS) is 10.9. The van der Waals surface area contributed by atoms with Gasteiger partial charge in [-0.25, -0.2) is 0 Å². The van der Waals surface area contributed by atoms with Gasteiger partial charge in [-0.05, 0) is 37.1 Å². The third kappa shape index (κ3) is 7.67. The highest BCUT2D eigenvalue weighted by atomic mass is 35.5. The van der Waals surface area contributed by atoms with Gasteiger partial charge in [0.05, 0.1) is 32.9 Å². The monoisotopic (exact) mass is 316 g/mol. The number of nitrogens with two attached hydrogens (primary N) is 1. The van der Waals surface area contributed by atoms with Crippen molar-refractivity contribution in [3.8, 4) is 5.75 Å². The minimum atomic E-state index is 0.560. The van der Waals surface area contributed by atoms with Crippen molar-refractivity contribution in [3.63, 3.8) is 0 Å². The highest BCUT2D eigenvalue weighted by Crippen LogP contribution is 2.25. The van der Waals surface area contributed by atoms with Crippen LogP contribution in [0.3, 0.4) is 0 Å². The zero-order valence-corrected chi connectivity index (χ0v) is 14.0. The molecule has 0 aliphatic heterocycles. The van der Waals surface area contributed by atoms with Gasteiger partial charge in [-0.15, -0.1) is 0 Å². The minimum Gasteiger partial charge on any atom is -0.491 e. The predicted octanol–water partition coefficient (Wildman–Crippen LogP) is 1.95. The van der Waals surface area contributed by atoms with E-state index < -0.39 is 0 Å². The fraction of sp³-hybridized carbons (Fsp3) is 0.625. The zero-order chi connectivity index (χ0) is 15.5. The Morgan fingerprint density at radius 3 is 2.38 bits per heavy atom. The maximum atomic E-state index is 6.12. The first-order chi connectivity index (χ1) is 10.1. The molecule has 0 aromatic heterocycles. The second-order valence-corrected chi connectivity index (χ2v) is 5.42. The number of ether oxygens (including phenoxy) is 3. The number of hydrogen-bond acceptors (Lipinski definition) is 3. The van der Waals surface area contributed by atoms with Crippen LogP contribution in [0.4, 0.5) is 0 Å². The van der Waals surface area contributed by atoms with Crippen LogP contribution in [0.2, 0.25) is 5.02 Å². The molecule has 1 aromatic rings. The predicted molar refractivity (Wildman–Crippen MR) is 85.4 cm³/mol. The molecule has 4 nitrogen and oxygen atoms in total. The summed E-state index contributed by atoms with van der Waals surface area (Å²) in [6, 6.07) is 3.91. The molecule has 0 spiro atoms. The number of quaternary nitrogens is 1. The smallest absolute Gasteiger partial charge is 0.120 e. The Bertz CT molecular complexity index is 390. The van der Waals surface area contributed by atoms with Gasteiger partial charge in [0, 0.05) is 18.6 Å². The van der Waals surface area contributed by atoms with Crippen LogP contribution in [0.5, 0.6) is 5.75 Å². The van der Waals surface area contributed by atoms with Crippen LogP contribution in [0, 0.1) is 13.8 Å². The highest BCUT2D eigenvalue weighted by molar-refractivity contribution is 6.32. The second-order valence-electron chi connectivity index (χ2n) is 5.04. The fourth-order valence-corrected chi connectivity index (χ4v) is 2.10. The number of methoxy groups -OCH3 is 1. The quantitative estimate of drug-likeness (QED) is 0.635. The van der Waals surface area contributed by atoms with E-state index in [4.69, 9.17) is 25.8 Å². The van der Waals surface area contributed by atoms with Crippen molar-refractivity contribution in [2.24, 2.45) is 0 Å². The average Bonchev–Trinajstić information content (AvgIpc) is 2.46. The molecule has 0 unspecified atom stereocenters. The summed E-state index contributed by atoms with van der Waals surface area (Å²) < 4.78 is 16.2. The molecule has 0 heterocycles. The lowest BCUT2D eigenvalue weighted by atomic mass is 10.1. The number of hydrogen-bond donors (Lipinski definition) is 1. The molecule has 120 valence electrons. The molecule has 0 atom stereocenters. The molecule has 0 amide bonds. The van der Waals surface area contributed by atoms with E-state index in [0.29, 0.717) is 13.2 Å². The SMILES string of the molecule is COCCC[NH2+]CCOCCOc1cc(C)c(Cl)c(C)c1. The minimum absolute atomic E-state index is 0.560. The molecule has 0 saturated heterocycles. The van der Waals surface area contributed by atoms with Gasteiger partial charge in [-0.2, -0.15) is 0 Å². The van der Waals surface area contributed by atoms with Crippen LogP contribution in [-0.2, 0) is 9.47 Å². The van der Waals surface area contributed by atoms with Crippen molar-refractivity contribution in [1.82, 2.24) is 0 Å². The summed E-state index contributed by atoms with van der Waals surface area (Å²) in [4.78, 5) is 0. The molecule has 2 N–H and O–H groups in total. The summed E-state index contributed by atoms with van der Waals surface area (Å²) in [6.07, 6.45) is 1.08. The molecule has 1 rings (SSSR count). The van der Waals surface area contributed by atoms with E-state index >= 15 is 0 Å². The standard InChI is InChI=1S/C16H26ClNO3/c1-13-11-15(12-14(2)16(13)17)21-10-9-20-8-6-18-5-4-7-19-3/h11-12,18H,4-10H2,1-3H3/p+1. The summed E-state index contributed by atoms with van der Waals surface area (Å²) in [5, 5.41) is 3.05. The van der Waals surface area contributed by atoms with Crippen LogP contribution in [0.15, 0.2) is 12.1 Å². The Labute approximate surface area is 132 Å². The maximum Gasteiger partial charge on any atom is 0.120 e. The Hall–Kier alpha value is -0.810. The van der Waals surface area contributed by atoms with Crippen molar-refractivity contribution in [2.75, 3.05) is 46.6 Å². The van der Waals surface area contributed by atoms with E-state index in [1.807, 2.05) is 26.0 Å². The first kappa shape index (κ1) is 18.2. The third-order valence-corrected chi connectivity index (χ3v) is 3.73. The molecule has 0 radical (unpaired) electrons. The van der Waals surface area contributed by atoms with E-state index in [2.05, 4.69) is 5.32 Å². The summed E-state index contributed by atoms with van der Waals surface area (Å²) in [6.45, 7) is 8.76. The van der Waals surface area contributed by atoms with Crippen molar-refractivity contribution in [2.45, 2.75) is 20.3 Å². The molecular formula is C16H27ClNO3+. The Kier molecular flexibility index (Phi) is 9.42. The van der Waals surface area contributed by atoms with Gasteiger partial charge in [0.2, 0.25) is 0 Å². The molecule has 0 aliphatic carbocycles. The topological polar surface area (TPSA) is 44.3 Å². The van der Waals surface area contributed by atoms with E-state index in [9.17, 15) is 0 Å². The molecule has 0 saturated carbocycles. The number of aryl methyl sites for hydroxylation is 2. The Balaban J connectivity index is 2.04. The number of rotatable bonds is 11. The van der Waals surface area contributed by atoms with Gasteiger partial charge >= 0.3 is 0 Å². The summed E-state index contributed by atoms with van der Waals surface area (Å²) in [7, 11) is 1.73. The van der Waals surface area contributed by atoms with Gasteiger partial charge < -0.3 is 19.5 Å². The molecule has 0 bridgehead atoms. The first-order valence-corrected chi connectivity index (χ1v) is 7.81. The Morgan fingerprint density at radius 1 is 1.00 bits per heavy atom. The van der Waals surface area contributed by atoms with Gasteiger partial charge in [-0.1, -0.05) is 11.6 Å². The summed E-state index contributed by atoms with van der Waals surface area (Å²) in [5.41, 5.74) is 2.08. The van der Waals surface area contributed by atoms with Crippen LogP contribution in [0.25, 0.3) is 0 Å². The molecule has 5 heteroatoms. The molecule has 0 fully saturated rings. The largest absolute Gasteiger partial charge is 0.491 e. The van der Waals surface area contributed by atoms with Crippen molar-refractivity contribution >= 4 is 11.6 Å². The van der Waals surface area contributed by atoms with Gasteiger partial charge in [0.15, 0.2) is 0 Å². The number of benzene rings is 1. The van der Waals surface area contributed by atoms with Crippen molar-refractivity contribution in [3.05, 3.63) is 28.3 Å². The Morgan fingerprint density at radius 2 is 1.71 bits per heavy atom. The van der Waals surface area contributed by atoms with E-state index in [0.717, 1.165) is 54.6 Å². The number of halogens is 1. The van der Waals surface area contributed by atoms with Gasteiger partial charge in [-0.3, -0.25) is 0 Å². The van der Waals surface area contributed by atoms with Crippen molar-refractivity contribution < 1.29 is 19.5 Å². The van der Waals surface area contributed by atoms with Crippen LogP contribution in [0.1, 0.15) is 17.5 Å². The van der Waals surface area contributed by atoms with Crippen molar-refractivity contribution in [1.29, 1.82) is 0 Å². The lowest BCUT2D eigenvalue weighted by molar-refractivity contribution is -0.656. The van der Waals surface area contributed by atoms with E-state index in [-0.39, 0.29) is 0 Å².